The number of aliphatic hydroxyl groups excluding tert-OH is 2. The molecule has 2 aliphatic carbocycles. The van der Waals surface area contributed by atoms with Gasteiger partial charge in [-0.3, -0.25) is 57.7 Å². The highest BCUT2D eigenvalue weighted by Crippen LogP contribution is 2.52. The van der Waals surface area contributed by atoms with E-state index in [1.807, 2.05) is 46.4 Å². The maximum Gasteiger partial charge on any atom is 0.243 e. The van der Waals surface area contributed by atoms with Crippen LogP contribution in [0.4, 0.5) is 0 Å². The summed E-state index contributed by atoms with van der Waals surface area (Å²) in [6.45, 7) is 16.7. The summed E-state index contributed by atoms with van der Waals surface area (Å²) in [5.41, 5.74) is -4.51. The molecule has 11 N–H and O–H groups in total. The van der Waals surface area contributed by atoms with E-state index in [4.69, 9.17) is 14.2 Å². The standard InChI is InChI=1S/C62H89N9O18/c1-31(2)22-39(68-61(85)42-13-11-16-71(42)47(76)29-70-20-18-69(19-21-70)17-15-63-35(8)73)58(82)64-28-46(75)65-40(23-32(3)4)59(83)67-41(24-33(5)6)60(84)66-38-25-48(88-34(7)53(38)77)89-44-27-62(86,45(74)30-72)26-37-50(44)57(81)52-51(55(37)79)54(78)36-12-10-14-43(87-9)49(36)56(52)80/h10,12,14,31-34,38-42,44,48,53,72,77,79,81,86H,11,13,15-30H2,1-9H3,(H,63,73)(H,64,82)(H,65,75)(H,66,84)(H,67,83)(H,68,85)/t34-,38-,39-,40-,41-,42-,44-,48-,53+,62-/m0/s1. The van der Waals surface area contributed by atoms with Crippen molar-refractivity contribution in [1.29, 1.82) is 0 Å². The molecule has 27 heteroatoms. The van der Waals surface area contributed by atoms with E-state index >= 15 is 0 Å². The molecule has 0 radical (unpaired) electrons. The van der Waals surface area contributed by atoms with Crippen LogP contribution in [0.2, 0.25) is 0 Å². The van der Waals surface area contributed by atoms with Crippen molar-refractivity contribution in [2.45, 2.75) is 167 Å². The summed E-state index contributed by atoms with van der Waals surface area (Å²) in [5, 5.41) is 73.5. The summed E-state index contributed by atoms with van der Waals surface area (Å²) >= 11 is 0. The summed E-state index contributed by atoms with van der Waals surface area (Å²) in [7, 11) is 1.28. The number of hydrogen-bond donors (Lipinski definition) is 11. The SMILES string of the molecule is COc1cccc2c1C(=O)c1c(O)c3c(c(O)c1C2=O)C[C@@](O)(C(=O)CO)C[C@@H]3O[C@H]1C[C@H](NC(=O)[C@H](CC(C)C)NC(=O)[C@H](CC(C)C)NC(=O)CNC(=O)[C@H](CC(C)C)NC(=O)[C@@H]2CCCN2C(=O)CN2CCN(CCNC(C)=O)CC2)[C@H](O)[C@H](C)O1. The summed E-state index contributed by atoms with van der Waals surface area (Å²) in [5.74, 6) is -8.45. The Morgan fingerprint density at radius 3 is 2.01 bits per heavy atom. The summed E-state index contributed by atoms with van der Waals surface area (Å²) in [4.78, 5) is 142. The van der Waals surface area contributed by atoms with Crippen LogP contribution in [-0.4, -0.2) is 226 Å². The second kappa shape index (κ2) is 30.1. The van der Waals surface area contributed by atoms with Crippen LogP contribution in [0.15, 0.2) is 18.2 Å². The molecule has 27 nitrogen and oxygen atoms in total. The number of carbonyl (C=O) groups is 10. The van der Waals surface area contributed by atoms with E-state index in [0.29, 0.717) is 45.6 Å². The van der Waals surface area contributed by atoms with Crippen molar-refractivity contribution in [2.24, 2.45) is 17.8 Å². The van der Waals surface area contributed by atoms with Crippen LogP contribution in [0, 0.1) is 17.8 Å². The van der Waals surface area contributed by atoms with Crippen LogP contribution < -0.4 is 36.6 Å². The quantitative estimate of drug-likeness (QED) is 0.0456. The largest absolute Gasteiger partial charge is 0.507 e. The topological polar surface area (TPSA) is 381 Å². The number of ether oxygens (including phenoxy) is 3. The van der Waals surface area contributed by atoms with Gasteiger partial charge in [0, 0.05) is 88.7 Å². The number of piperazine rings is 1. The molecule has 3 aliphatic heterocycles. The van der Waals surface area contributed by atoms with E-state index in [1.54, 1.807) is 4.90 Å². The molecule has 0 saturated carbocycles. The Morgan fingerprint density at radius 2 is 1.39 bits per heavy atom. The average molecular weight is 1250 g/mol. The number of methoxy groups -OCH3 is 1. The number of aromatic hydroxyl groups is 2. The molecule has 2 aromatic carbocycles. The molecule has 0 spiro atoms. The lowest BCUT2D eigenvalue weighted by Crippen LogP contribution is -2.60. The van der Waals surface area contributed by atoms with Gasteiger partial charge in [0.05, 0.1) is 55.1 Å². The monoisotopic (exact) mass is 1250 g/mol. The molecule has 3 fully saturated rings. The molecular formula is C62H89N9O18. The number of ketones is 3. The van der Waals surface area contributed by atoms with Crippen molar-refractivity contribution in [1.82, 2.24) is 46.6 Å². The van der Waals surface area contributed by atoms with Gasteiger partial charge < -0.3 is 76.5 Å². The summed E-state index contributed by atoms with van der Waals surface area (Å²) < 4.78 is 17.8. The Kier molecular flexibility index (Phi) is 23.5. The van der Waals surface area contributed by atoms with Crippen LogP contribution in [0.3, 0.4) is 0 Å². The lowest BCUT2D eigenvalue weighted by atomic mass is 9.72. The molecule has 7 amide bonds. The Bertz CT molecular complexity index is 3000. The molecule has 7 rings (SSSR count). The number of hydrogen-bond acceptors (Lipinski definition) is 20. The third kappa shape index (κ3) is 16.6. The molecule has 3 saturated heterocycles. The molecule has 10 atom stereocenters. The fourth-order valence-electron chi connectivity index (χ4n) is 12.5. The van der Waals surface area contributed by atoms with E-state index in [1.165, 1.54) is 39.2 Å². The lowest BCUT2D eigenvalue weighted by molar-refractivity contribution is -0.249. The maximum atomic E-state index is 14.4. The first kappa shape index (κ1) is 69.3. The number of Topliss-reactive ketones (excluding diaryl/α,β-unsaturated/α-hetero) is 1. The van der Waals surface area contributed by atoms with Crippen molar-refractivity contribution in [3.05, 3.63) is 51.6 Å². The number of rotatable bonds is 26. The first-order chi connectivity index (χ1) is 42.0. The fourth-order valence-corrected chi connectivity index (χ4v) is 12.5. The van der Waals surface area contributed by atoms with Gasteiger partial charge in [-0.2, -0.15) is 0 Å². The molecule has 2 aromatic rings. The molecule has 490 valence electrons. The van der Waals surface area contributed by atoms with Crippen molar-refractivity contribution in [3.8, 4) is 17.2 Å². The summed E-state index contributed by atoms with van der Waals surface area (Å²) in [6, 6.07) is -1.23. The zero-order chi connectivity index (χ0) is 65.3. The predicted octanol–water partition coefficient (Wildman–Crippen LogP) is -0.388. The highest BCUT2D eigenvalue weighted by molar-refractivity contribution is 6.31. The minimum Gasteiger partial charge on any atom is -0.507 e. The molecule has 89 heavy (non-hydrogen) atoms. The van der Waals surface area contributed by atoms with Crippen molar-refractivity contribution in [3.63, 3.8) is 0 Å². The van der Waals surface area contributed by atoms with Gasteiger partial charge in [0.1, 0.15) is 59.7 Å². The average Bonchev–Trinajstić information content (AvgIpc) is 1.71. The van der Waals surface area contributed by atoms with E-state index in [-0.39, 0.29) is 89.8 Å². The molecule has 0 unspecified atom stereocenters. The molecule has 0 aromatic heterocycles. The molecule has 5 aliphatic rings. The highest BCUT2D eigenvalue weighted by Gasteiger charge is 2.51. The Labute approximate surface area is 517 Å². The number of aliphatic hydroxyl groups is 3. The zero-order valence-electron chi connectivity index (χ0n) is 52.3. The number of nitrogens with one attached hydrogen (secondary N) is 6. The van der Waals surface area contributed by atoms with Crippen LogP contribution in [0.25, 0.3) is 0 Å². The number of phenolic OH excluding ortho intramolecular Hbond substituents is 2. The van der Waals surface area contributed by atoms with Gasteiger partial charge in [-0.1, -0.05) is 53.7 Å². The van der Waals surface area contributed by atoms with E-state index in [0.717, 1.165) is 13.1 Å². The van der Waals surface area contributed by atoms with Gasteiger partial charge in [0.2, 0.25) is 47.1 Å². The third-order valence-electron chi connectivity index (χ3n) is 17.1. The molecular weight excluding hydrogens is 1160 g/mol. The van der Waals surface area contributed by atoms with Crippen LogP contribution in [0.5, 0.6) is 17.2 Å². The first-order valence-corrected chi connectivity index (χ1v) is 30.7. The number of likely N-dealkylation sites (tertiary alicyclic amines) is 1. The fraction of sp³-hybridized carbons (Fsp3) is 0.645. The number of carbonyl (C=O) groups excluding carboxylic acids is 10. The van der Waals surface area contributed by atoms with Crippen LogP contribution in [-0.2, 0) is 54.3 Å². The minimum absolute atomic E-state index is 0.0155. The van der Waals surface area contributed by atoms with Crippen LogP contribution >= 0.6 is 0 Å². The van der Waals surface area contributed by atoms with Crippen molar-refractivity contribution < 1.29 is 87.7 Å². The number of phenols is 2. The maximum absolute atomic E-state index is 14.4. The summed E-state index contributed by atoms with van der Waals surface area (Å²) in [6.07, 6.45) is -5.74. The van der Waals surface area contributed by atoms with Crippen LogP contribution in [0.1, 0.15) is 149 Å². The number of nitrogens with zero attached hydrogens (tertiary/aromatic N) is 3. The second-order valence-electron chi connectivity index (χ2n) is 25.3. The van der Waals surface area contributed by atoms with Gasteiger partial charge >= 0.3 is 0 Å². The van der Waals surface area contributed by atoms with E-state index < -0.39 is 156 Å². The number of benzene rings is 2. The van der Waals surface area contributed by atoms with Crippen molar-refractivity contribution in [2.75, 3.05) is 72.6 Å². The first-order valence-electron chi connectivity index (χ1n) is 30.7. The smallest absolute Gasteiger partial charge is 0.243 e. The number of amides is 7. The normalized spacial score (nSPS) is 23.8. The zero-order valence-corrected chi connectivity index (χ0v) is 52.3. The van der Waals surface area contributed by atoms with E-state index in [2.05, 4.69) is 36.8 Å². The van der Waals surface area contributed by atoms with Gasteiger partial charge in [0.15, 0.2) is 17.9 Å². The molecule has 0 bridgehead atoms. The van der Waals surface area contributed by atoms with E-state index in [9.17, 15) is 73.5 Å². The van der Waals surface area contributed by atoms with Gasteiger partial charge in [0.25, 0.3) is 0 Å². The lowest BCUT2D eigenvalue weighted by Gasteiger charge is -2.43. The number of fused-ring (bicyclic) bond motifs is 3. The van der Waals surface area contributed by atoms with Crippen molar-refractivity contribution >= 4 is 58.7 Å². The Balaban J connectivity index is 0.988. The minimum atomic E-state index is -2.45. The molecule has 3 heterocycles. The predicted molar refractivity (Wildman–Crippen MR) is 319 cm³/mol. The Hall–Kier alpha value is -7.14. The van der Waals surface area contributed by atoms with Gasteiger partial charge in [-0.05, 0) is 62.8 Å². The Morgan fingerprint density at radius 1 is 0.775 bits per heavy atom. The second-order valence-corrected chi connectivity index (χ2v) is 25.3. The van der Waals surface area contributed by atoms with Gasteiger partial charge in [-0.15, -0.1) is 0 Å². The third-order valence-corrected chi connectivity index (χ3v) is 17.1. The van der Waals surface area contributed by atoms with Gasteiger partial charge in [-0.25, -0.2) is 0 Å². The highest BCUT2D eigenvalue weighted by atomic mass is 16.7.